The van der Waals surface area contributed by atoms with Crippen molar-refractivity contribution in [1.29, 1.82) is 0 Å². The molecule has 1 fully saturated rings. The van der Waals surface area contributed by atoms with Crippen LogP contribution in [0.2, 0.25) is 5.02 Å². The lowest BCUT2D eigenvalue weighted by atomic mass is 10.1. The number of urea groups is 1. The molecule has 1 saturated heterocycles. The van der Waals surface area contributed by atoms with Gasteiger partial charge in [-0.2, -0.15) is 0 Å². The van der Waals surface area contributed by atoms with Crippen LogP contribution in [0.5, 0.6) is 0 Å². The van der Waals surface area contributed by atoms with E-state index in [-0.39, 0.29) is 17.2 Å². The van der Waals surface area contributed by atoms with Crippen molar-refractivity contribution >= 4 is 38.8 Å². The summed E-state index contributed by atoms with van der Waals surface area (Å²) in [6.45, 7) is 1.99. The minimum Gasteiger partial charge on any atom is -0.370 e. The largest absolute Gasteiger partial charge is 0.370 e. The molecule has 2 amide bonds. The molecule has 3 rings (SSSR count). The van der Waals surface area contributed by atoms with Crippen molar-refractivity contribution in [3.63, 3.8) is 0 Å². The molecule has 150 valence electrons. The highest BCUT2D eigenvalue weighted by molar-refractivity contribution is 7.91. The van der Waals surface area contributed by atoms with Crippen molar-refractivity contribution in [3.8, 4) is 0 Å². The Kier molecular flexibility index (Phi) is 6.80. The van der Waals surface area contributed by atoms with Crippen LogP contribution in [-0.4, -0.2) is 39.8 Å². The van der Waals surface area contributed by atoms with E-state index >= 15 is 0 Å². The van der Waals surface area contributed by atoms with Crippen LogP contribution in [0.25, 0.3) is 0 Å². The Balaban J connectivity index is 1.51. The van der Waals surface area contributed by atoms with Gasteiger partial charge in [0.05, 0.1) is 21.4 Å². The van der Waals surface area contributed by atoms with Crippen molar-refractivity contribution in [2.45, 2.75) is 24.2 Å². The second-order valence-electron chi connectivity index (χ2n) is 6.73. The first kappa shape index (κ1) is 20.5. The molecule has 1 aliphatic rings. The van der Waals surface area contributed by atoms with Gasteiger partial charge in [0.25, 0.3) is 0 Å². The summed E-state index contributed by atoms with van der Waals surface area (Å²) < 4.78 is 24.4. The summed E-state index contributed by atoms with van der Waals surface area (Å²) >= 11 is 6.39. The maximum atomic E-state index is 12.2. The summed E-state index contributed by atoms with van der Waals surface area (Å²) in [5.41, 5.74) is 1.54. The molecule has 1 heterocycles. The van der Waals surface area contributed by atoms with Crippen LogP contribution in [-0.2, 0) is 9.84 Å². The predicted octanol–water partition coefficient (Wildman–Crippen LogP) is 3.93. The molecular formula is C20H24ClN3O3S. The van der Waals surface area contributed by atoms with E-state index in [2.05, 4.69) is 15.5 Å². The normalized spacial score (nSPS) is 14.5. The van der Waals surface area contributed by atoms with E-state index in [0.29, 0.717) is 10.7 Å². The van der Waals surface area contributed by atoms with Crippen molar-refractivity contribution in [1.82, 2.24) is 5.32 Å². The lowest BCUT2D eigenvalue weighted by Crippen LogP contribution is -2.33. The molecule has 0 aliphatic carbocycles. The van der Waals surface area contributed by atoms with E-state index < -0.39 is 15.9 Å². The number of anilines is 2. The van der Waals surface area contributed by atoms with Crippen LogP contribution in [0, 0.1) is 0 Å². The fraction of sp³-hybridized carbons (Fsp3) is 0.350. The zero-order valence-electron chi connectivity index (χ0n) is 15.5. The van der Waals surface area contributed by atoms with Gasteiger partial charge in [-0.3, -0.25) is 0 Å². The lowest BCUT2D eigenvalue weighted by Gasteiger charge is -2.29. The molecule has 0 atom stereocenters. The van der Waals surface area contributed by atoms with Gasteiger partial charge in [0.1, 0.15) is 0 Å². The van der Waals surface area contributed by atoms with Gasteiger partial charge in [-0.15, -0.1) is 0 Å². The van der Waals surface area contributed by atoms with Crippen LogP contribution < -0.4 is 15.5 Å². The summed E-state index contributed by atoms with van der Waals surface area (Å²) in [6, 6.07) is 13.1. The molecule has 0 saturated carbocycles. The highest BCUT2D eigenvalue weighted by Gasteiger charge is 2.16. The monoisotopic (exact) mass is 421 g/mol. The molecule has 8 heteroatoms. The predicted molar refractivity (Wildman–Crippen MR) is 113 cm³/mol. The van der Waals surface area contributed by atoms with Gasteiger partial charge in [0, 0.05) is 25.3 Å². The van der Waals surface area contributed by atoms with Gasteiger partial charge in [0.2, 0.25) is 0 Å². The van der Waals surface area contributed by atoms with Gasteiger partial charge >= 0.3 is 6.03 Å². The number of nitrogens with zero attached hydrogens (tertiary/aromatic N) is 1. The van der Waals surface area contributed by atoms with Crippen LogP contribution in [0.3, 0.4) is 0 Å². The molecule has 0 unspecified atom stereocenters. The van der Waals surface area contributed by atoms with Crippen LogP contribution in [0.15, 0.2) is 53.4 Å². The number of carbonyl (C=O) groups excluding carboxylic acids is 1. The number of amides is 2. The smallest absolute Gasteiger partial charge is 0.319 e. The molecule has 28 heavy (non-hydrogen) atoms. The number of benzene rings is 2. The standard InChI is InChI=1S/C20H24ClN3O3S/c21-18-15-16(9-10-19(18)24-12-5-2-6-13-24)23-20(25)22-11-14-28(26,27)17-7-3-1-4-8-17/h1,3-4,7-10,15H,2,5-6,11-14H2,(H2,22,23,25). The Morgan fingerprint density at radius 2 is 1.75 bits per heavy atom. The zero-order valence-corrected chi connectivity index (χ0v) is 17.1. The van der Waals surface area contributed by atoms with E-state index in [1.54, 1.807) is 42.5 Å². The van der Waals surface area contributed by atoms with E-state index in [0.717, 1.165) is 31.6 Å². The minimum absolute atomic E-state index is 0.0165. The minimum atomic E-state index is -3.42. The molecule has 1 aliphatic heterocycles. The molecule has 0 aromatic heterocycles. The average molecular weight is 422 g/mol. The molecule has 0 spiro atoms. The topological polar surface area (TPSA) is 78.5 Å². The Bertz CT molecular complexity index is 914. The number of hydrogen-bond acceptors (Lipinski definition) is 4. The number of piperidine rings is 1. The molecule has 0 bridgehead atoms. The summed E-state index contributed by atoms with van der Waals surface area (Å²) in [5.74, 6) is -0.168. The van der Waals surface area contributed by atoms with Crippen molar-refractivity contribution in [3.05, 3.63) is 53.6 Å². The highest BCUT2D eigenvalue weighted by Crippen LogP contribution is 2.30. The third kappa shape index (κ3) is 5.39. The third-order valence-electron chi connectivity index (χ3n) is 4.66. The van der Waals surface area contributed by atoms with E-state index in [1.807, 2.05) is 6.07 Å². The Morgan fingerprint density at radius 1 is 1.04 bits per heavy atom. The van der Waals surface area contributed by atoms with E-state index in [1.165, 1.54) is 6.42 Å². The van der Waals surface area contributed by atoms with Crippen LogP contribution in [0.4, 0.5) is 16.2 Å². The van der Waals surface area contributed by atoms with Crippen LogP contribution in [0.1, 0.15) is 19.3 Å². The van der Waals surface area contributed by atoms with Gasteiger partial charge in [-0.25, -0.2) is 13.2 Å². The molecule has 0 radical (unpaired) electrons. The van der Waals surface area contributed by atoms with Gasteiger partial charge in [0.15, 0.2) is 9.84 Å². The number of halogens is 1. The lowest BCUT2D eigenvalue weighted by molar-refractivity contribution is 0.252. The van der Waals surface area contributed by atoms with Gasteiger partial charge in [-0.05, 0) is 49.6 Å². The fourth-order valence-corrected chi connectivity index (χ4v) is 4.67. The molecule has 2 aromatic rings. The fourth-order valence-electron chi connectivity index (χ4n) is 3.20. The van der Waals surface area contributed by atoms with Crippen molar-refractivity contribution in [2.24, 2.45) is 0 Å². The molecule has 2 aromatic carbocycles. The maximum Gasteiger partial charge on any atom is 0.319 e. The first-order valence-corrected chi connectivity index (χ1v) is 11.4. The zero-order chi connectivity index (χ0) is 20.0. The third-order valence-corrected chi connectivity index (χ3v) is 6.70. The SMILES string of the molecule is O=C(NCCS(=O)(=O)c1ccccc1)Nc1ccc(N2CCCCC2)c(Cl)c1. The summed E-state index contributed by atoms with van der Waals surface area (Å²) in [4.78, 5) is 14.6. The van der Waals surface area contributed by atoms with Crippen LogP contribution >= 0.6 is 11.6 Å². The van der Waals surface area contributed by atoms with Crippen molar-refractivity contribution in [2.75, 3.05) is 35.6 Å². The second kappa shape index (κ2) is 9.30. The molecule has 6 nitrogen and oxygen atoms in total. The first-order chi connectivity index (χ1) is 13.5. The van der Waals surface area contributed by atoms with E-state index in [9.17, 15) is 13.2 Å². The number of rotatable bonds is 6. The summed E-state index contributed by atoms with van der Waals surface area (Å²) in [7, 11) is -3.42. The van der Waals surface area contributed by atoms with Crippen molar-refractivity contribution < 1.29 is 13.2 Å². The summed E-state index contributed by atoms with van der Waals surface area (Å²) in [6.07, 6.45) is 3.56. The second-order valence-corrected chi connectivity index (χ2v) is 9.24. The number of sulfone groups is 1. The maximum absolute atomic E-state index is 12.2. The number of hydrogen-bond donors (Lipinski definition) is 2. The summed E-state index contributed by atoms with van der Waals surface area (Å²) in [5, 5.41) is 5.85. The molecular weight excluding hydrogens is 398 g/mol. The Hall–Kier alpha value is -2.25. The Morgan fingerprint density at radius 3 is 2.43 bits per heavy atom. The molecule has 2 N–H and O–H groups in total. The highest BCUT2D eigenvalue weighted by atomic mass is 35.5. The first-order valence-electron chi connectivity index (χ1n) is 9.33. The van der Waals surface area contributed by atoms with E-state index in [4.69, 9.17) is 11.6 Å². The Labute approximate surface area is 170 Å². The number of nitrogens with one attached hydrogen (secondary N) is 2. The van der Waals surface area contributed by atoms with Gasteiger partial charge < -0.3 is 15.5 Å². The number of carbonyl (C=O) groups is 1. The van der Waals surface area contributed by atoms with Gasteiger partial charge in [-0.1, -0.05) is 29.8 Å². The quantitative estimate of drug-likeness (QED) is 0.740. The average Bonchev–Trinajstić information content (AvgIpc) is 2.69.